The molecule has 1 aliphatic rings. The fraction of sp³-hybridized carbons (Fsp3) is 0.552. The number of amides is 1. The zero-order valence-corrected chi connectivity index (χ0v) is 25.4. The Hall–Kier alpha value is -1.68. The highest BCUT2D eigenvalue weighted by Gasteiger charge is 2.29. The van der Waals surface area contributed by atoms with Gasteiger partial charge in [-0.1, -0.05) is 59.6 Å². The summed E-state index contributed by atoms with van der Waals surface area (Å²) in [6, 6.07) is 15.8. The Balaban J connectivity index is 1.34. The van der Waals surface area contributed by atoms with Gasteiger partial charge in [-0.2, -0.15) is 4.31 Å². The van der Waals surface area contributed by atoms with Crippen LogP contribution < -0.4 is 5.32 Å². The minimum absolute atomic E-state index is 0.0631. The van der Waals surface area contributed by atoms with E-state index in [-0.39, 0.29) is 40.6 Å². The Labute approximate surface area is 243 Å². The van der Waals surface area contributed by atoms with E-state index in [1.807, 2.05) is 0 Å². The van der Waals surface area contributed by atoms with Crippen molar-refractivity contribution < 1.29 is 17.9 Å². The largest absolute Gasteiger partial charge is 0.370 e. The molecule has 1 atom stereocenters. The summed E-state index contributed by atoms with van der Waals surface area (Å²) in [4.78, 5) is 14.6. The molecule has 1 aliphatic carbocycles. The van der Waals surface area contributed by atoms with Gasteiger partial charge < -0.3 is 15.0 Å². The molecule has 1 N–H and O–H groups in total. The SMILES string of the molecule is CN(C)C(CCc1ccccc1)C1CCC(CNC(=O)COCCN(C)S(=O)(=O)c2c(Cl)cccc2Cl)CC1. The standard InChI is InChI=1S/C29H41Cl2N3O4S/c1-33(2)27(17-14-22-8-5-4-6-9-22)24-15-12-23(13-16-24)20-32-28(35)21-38-19-18-34(3)39(36,37)29-25(30)10-7-11-26(29)31/h4-11,23-24,27H,12-21H2,1-3H3,(H,32,35). The van der Waals surface area contributed by atoms with Gasteiger partial charge in [-0.15, -0.1) is 0 Å². The molecule has 0 saturated heterocycles. The molecule has 0 bridgehead atoms. The Kier molecular flexibility index (Phi) is 12.5. The number of halogens is 2. The van der Waals surface area contributed by atoms with Crippen LogP contribution in [0.1, 0.15) is 37.7 Å². The number of hydrogen-bond donors (Lipinski definition) is 1. The predicted molar refractivity (Wildman–Crippen MR) is 158 cm³/mol. The zero-order valence-electron chi connectivity index (χ0n) is 23.1. The van der Waals surface area contributed by atoms with E-state index in [9.17, 15) is 13.2 Å². The van der Waals surface area contributed by atoms with Gasteiger partial charge in [0.1, 0.15) is 11.5 Å². The molecular weight excluding hydrogens is 557 g/mol. The maximum absolute atomic E-state index is 12.8. The number of nitrogens with zero attached hydrogens (tertiary/aromatic N) is 2. The number of nitrogens with one attached hydrogen (secondary N) is 1. The number of sulfonamides is 1. The summed E-state index contributed by atoms with van der Waals surface area (Å²) in [6.45, 7) is 0.673. The first kappa shape index (κ1) is 31.8. The van der Waals surface area contributed by atoms with Gasteiger partial charge in [0.2, 0.25) is 15.9 Å². The number of ether oxygens (including phenoxy) is 1. The topological polar surface area (TPSA) is 79.0 Å². The lowest BCUT2D eigenvalue weighted by molar-refractivity contribution is -0.126. The average Bonchev–Trinajstić information content (AvgIpc) is 2.90. The number of carbonyl (C=O) groups excluding carboxylic acids is 1. The fourth-order valence-electron chi connectivity index (χ4n) is 5.32. The van der Waals surface area contributed by atoms with Gasteiger partial charge >= 0.3 is 0 Å². The maximum Gasteiger partial charge on any atom is 0.246 e. The molecule has 216 valence electrons. The molecule has 0 aliphatic heterocycles. The van der Waals surface area contributed by atoms with Gasteiger partial charge in [0.25, 0.3) is 0 Å². The zero-order chi connectivity index (χ0) is 28.4. The van der Waals surface area contributed by atoms with E-state index in [4.69, 9.17) is 27.9 Å². The normalized spacial score (nSPS) is 18.8. The van der Waals surface area contributed by atoms with Gasteiger partial charge in [0.15, 0.2) is 0 Å². The third-order valence-corrected chi connectivity index (χ3v) is 10.4. The van der Waals surface area contributed by atoms with Crippen molar-refractivity contribution in [3.63, 3.8) is 0 Å². The summed E-state index contributed by atoms with van der Waals surface area (Å²) in [5.74, 6) is 0.956. The molecule has 0 radical (unpaired) electrons. The lowest BCUT2D eigenvalue weighted by Gasteiger charge is -2.37. The molecule has 0 spiro atoms. The van der Waals surface area contributed by atoms with Crippen LogP contribution in [0.4, 0.5) is 0 Å². The second kappa shape index (κ2) is 15.4. The predicted octanol–water partition coefficient (Wildman–Crippen LogP) is 5.12. The van der Waals surface area contributed by atoms with Crippen molar-refractivity contribution in [3.05, 3.63) is 64.1 Å². The van der Waals surface area contributed by atoms with Crippen molar-refractivity contribution in [3.8, 4) is 0 Å². The Morgan fingerprint density at radius 2 is 1.64 bits per heavy atom. The van der Waals surface area contributed by atoms with E-state index in [0.29, 0.717) is 24.4 Å². The van der Waals surface area contributed by atoms with Crippen molar-refractivity contribution >= 4 is 39.1 Å². The second-order valence-electron chi connectivity index (χ2n) is 10.6. The van der Waals surface area contributed by atoms with Crippen molar-refractivity contribution in [2.24, 2.45) is 11.8 Å². The number of benzene rings is 2. The molecule has 2 aromatic carbocycles. The maximum atomic E-state index is 12.8. The van der Waals surface area contributed by atoms with Crippen LogP contribution in [0, 0.1) is 11.8 Å². The fourth-order valence-corrected chi connectivity index (χ4v) is 7.56. The highest BCUT2D eigenvalue weighted by Crippen LogP contribution is 2.34. The first-order valence-electron chi connectivity index (χ1n) is 13.5. The third kappa shape index (κ3) is 9.44. The van der Waals surface area contributed by atoms with Gasteiger partial charge in [-0.25, -0.2) is 8.42 Å². The highest BCUT2D eigenvalue weighted by molar-refractivity contribution is 7.89. The first-order valence-corrected chi connectivity index (χ1v) is 15.7. The number of hydrogen-bond acceptors (Lipinski definition) is 5. The molecule has 1 fully saturated rings. The minimum Gasteiger partial charge on any atom is -0.370 e. The number of carbonyl (C=O) groups is 1. The van der Waals surface area contributed by atoms with E-state index in [1.54, 1.807) is 6.07 Å². The molecule has 1 amide bonds. The summed E-state index contributed by atoms with van der Waals surface area (Å²) < 4.78 is 32.2. The van der Waals surface area contributed by atoms with E-state index >= 15 is 0 Å². The highest BCUT2D eigenvalue weighted by atomic mass is 35.5. The van der Waals surface area contributed by atoms with E-state index in [0.717, 1.165) is 30.0 Å². The van der Waals surface area contributed by atoms with Gasteiger partial charge in [-0.3, -0.25) is 4.79 Å². The summed E-state index contributed by atoms with van der Waals surface area (Å²) in [7, 11) is 1.92. The van der Waals surface area contributed by atoms with Crippen LogP contribution >= 0.6 is 23.2 Å². The van der Waals surface area contributed by atoms with Gasteiger partial charge in [-0.05, 0) is 82.2 Å². The number of rotatable bonds is 14. The van der Waals surface area contributed by atoms with Crippen LogP contribution in [0.2, 0.25) is 10.0 Å². The van der Waals surface area contributed by atoms with Crippen molar-refractivity contribution in [1.29, 1.82) is 0 Å². The van der Waals surface area contributed by atoms with Crippen LogP contribution in [-0.4, -0.2) is 77.0 Å². The Morgan fingerprint density at radius 1 is 1.00 bits per heavy atom. The Bertz CT molecular complexity index is 1140. The molecule has 10 heteroatoms. The quantitative estimate of drug-likeness (QED) is 0.306. The van der Waals surface area contributed by atoms with Gasteiger partial charge in [0.05, 0.1) is 16.7 Å². The average molecular weight is 599 g/mol. The van der Waals surface area contributed by atoms with Gasteiger partial charge in [0, 0.05) is 26.2 Å². The van der Waals surface area contributed by atoms with Crippen LogP contribution in [0.25, 0.3) is 0 Å². The molecule has 39 heavy (non-hydrogen) atoms. The van der Waals surface area contributed by atoms with Crippen LogP contribution in [0.5, 0.6) is 0 Å². The smallest absolute Gasteiger partial charge is 0.246 e. The summed E-state index contributed by atoms with van der Waals surface area (Å²) in [5, 5.41) is 3.11. The summed E-state index contributed by atoms with van der Waals surface area (Å²) >= 11 is 12.1. The van der Waals surface area contributed by atoms with E-state index in [2.05, 4.69) is 54.6 Å². The van der Waals surface area contributed by atoms with Crippen molar-refractivity contribution in [1.82, 2.24) is 14.5 Å². The third-order valence-electron chi connectivity index (χ3n) is 7.63. The lowest BCUT2D eigenvalue weighted by Crippen LogP contribution is -2.39. The van der Waals surface area contributed by atoms with Crippen LogP contribution in [0.15, 0.2) is 53.4 Å². The molecule has 2 aromatic rings. The van der Waals surface area contributed by atoms with Crippen molar-refractivity contribution in [2.45, 2.75) is 49.5 Å². The van der Waals surface area contributed by atoms with E-state index in [1.165, 1.54) is 37.6 Å². The summed E-state index contributed by atoms with van der Waals surface area (Å²) in [5.41, 5.74) is 1.39. The monoisotopic (exact) mass is 597 g/mol. The molecule has 1 saturated carbocycles. The number of likely N-dealkylation sites (N-methyl/N-ethyl adjacent to an activating group) is 1. The molecule has 0 heterocycles. The molecule has 1 unspecified atom stereocenters. The lowest BCUT2D eigenvalue weighted by atomic mass is 9.76. The molecule has 7 nitrogen and oxygen atoms in total. The first-order chi connectivity index (χ1) is 18.6. The second-order valence-corrected chi connectivity index (χ2v) is 13.4. The van der Waals surface area contributed by atoms with Crippen LogP contribution in [-0.2, 0) is 26.0 Å². The minimum atomic E-state index is -3.87. The summed E-state index contributed by atoms with van der Waals surface area (Å²) in [6.07, 6.45) is 6.80. The van der Waals surface area contributed by atoms with E-state index < -0.39 is 10.0 Å². The molecule has 3 rings (SSSR count). The Morgan fingerprint density at radius 3 is 2.26 bits per heavy atom. The molecular formula is C29H41Cl2N3O4S. The number of aryl methyl sites for hydroxylation is 1. The van der Waals surface area contributed by atoms with Crippen LogP contribution in [0.3, 0.4) is 0 Å². The molecule has 0 aromatic heterocycles. The van der Waals surface area contributed by atoms with Crippen molar-refractivity contribution in [2.75, 3.05) is 47.4 Å².